The molecule has 0 unspecified atom stereocenters. The van der Waals surface area contributed by atoms with Gasteiger partial charge in [0.25, 0.3) is 0 Å². The number of carboxylic acids is 1. The monoisotopic (exact) mass is 257 g/mol. The van der Waals surface area contributed by atoms with Crippen LogP contribution in [0.3, 0.4) is 0 Å². The molecular formula is C14H15N3O2. The van der Waals surface area contributed by atoms with Crippen LogP contribution in [0.1, 0.15) is 10.5 Å². The molecule has 0 spiro atoms. The number of benzene rings is 1. The van der Waals surface area contributed by atoms with Gasteiger partial charge in [-0.05, 0) is 18.2 Å². The van der Waals surface area contributed by atoms with Gasteiger partial charge in [0.1, 0.15) is 5.82 Å². The number of nitrogens with two attached hydrogens (primary N) is 1. The summed E-state index contributed by atoms with van der Waals surface area (Å²) in [5.74, 6) is -0.867. The van der Waals surface area contributed by atoms with Gasteiger partial charge in [-0.25, -0.2) is 9.78 Å². The van der Waals surface area contributed by atoms with E-state index in [9.17, 15) is 4.79 Å². The number of rotatable bonds is 3. The summed E-state index contributed by atoms with van der Waals surface area (Å²) in [7, 11) is 3.88. The second-order valence-electron chi connectivity index (χ2n) is 4.35. The number of nitrogens with zero attached hydrogens (tertiary/aromatic N) is 2. The average Bonchev–Trinajstić information content (AvgIpc) is 2.38. The maximum atomic E-state index is 10.8. The number of hydrogen-bond acceptors (Lipinski definition) is 4. The lowest BCUT2D eigenvalue weighted by molar-refractivity contribution is 0.0690. The van der Waals surface area contributed by atoms with Crippen LogP contribution < -0.4 is 10.6 Å². The topological polar surface area (TPSA) is 79.5 Å². The molecule has 0 saturated carbocycles. The molecule has 5 nitrogen and oxygen atoms in total. The van der Waals surface area contributed by atoms with Gasteiger partial charge in [-0.1, -0.05) is 18.2 Å². The Morgan fingerprint density at radius 3 is 2.42 bits per heavy atom. The Morgan fingerprint density at radius 1 is 1.16 bits per heavy atom. The van der Waals surface area contributed by atoms with Gasteiger partial charge in [0.15, 0.2) is 5.69 Å². The molecule has 1 heterocycles. The van der Waals surface area contributed by atoms with Crippen molar-refractivity contribution >= 4 is 17.5 Å². The molecule has 98 valence electrons. The lowest BCUT2D eigenvalue weighted by Gasteiger charge is -2.18. The van der Waals surface area contributed by atoms with Crippen molar-refractivity contribution in [1.82, 2.24) is 4.98 Å². The number of nitrogen functional groups attached to an aromatic ring is 1. The molecule has 0 fully saturated rings. The Balaban J connectivity index is 2.57. The van der Waals surface area contributed by atoms with Crippen LogP contribution in [0.2, 0.25) is 0 Å². The van der Waals surface area contributed by atoms with Crippen LogP contribution in [0.5, 0.6) is 0 Å². The number of para-hydroxylation sites is 1. The third-order valence-corrected chi connectivity index (χ3v) is 2.82. The van der Waals surface area contributed by atoms with E-state index in [0.717, 1.165) is 16.8 Å². The fraction of sp³-hybridized carbons (Fsp3) is 0.143. The molecule has 0 atom stereocenters. The van der Waals surface area contributed by atoms with E-state index in [4.69, 9.17) is 10.8 Å². The Hall–Kier alpha value is -2.56. The maximum Gasteiger partial charge on any atom is 0.354 e. The second kappa shape index (κ2) is 4.97. The molecule has 0 aliphatic carbocycles. The van der Waals surface area contributed by atoms with Gasteiger partial charge in [0.05, 0.1) is 0 Å². The minimum Gasteiger partial charge on any atom is -0.477 e. The summed E-state index contributed by atoms with van der Waals surface area (Å²) in [6.45, 7) is 0. The fourth-order valence-corrected chi connectivity index (χ4v) is 1.91. The number of hydrogen-bond donors (Lipinski definition) is 2. The summed E-state index contributed by atoms with van der Waals surface area (Å²) >= 11 is 0. The van der Waals surface area contributed by atoms with Crippen molar-refractivity contribution in [2.75, 3.05) is 24.7 Å². The highest BCUT2D eigenvalue weighted by atomic mass is 16.4. The molecule has 0 saturated heterocycles. The second-order valence-corrected chi connectivity index (χ2v) is 4.35. The molecule has 1 aromatic heterocycles. The first-order valence-corrected chi connectivity index (χ1v) is 5.77. The van der Waals surface area contributed by atoms with Gasteiger partial charge in [0.2, 0.25) is 0 Å². The molecule has 1 aromatic carbocycles. The van der Waals surface area contributed by atoms with Crippen LogP contribution in [-0.4, -0.2) is 30.2 Å². The molecule has 0 aliphatic rings. The number of aromatic carboxylic acids is 1. The molecule has 0 radical (unpaired) electrons. The zero-order valence-electron chi connectivity index (χ0n) is 10.8. The van der Waals surface area contributed by atoms with Crippen LogP contribution >= 0.6 is 0 Å². The van der Waals surface area contributed by atoms with Crippen LogP contribution in [0.4, 0.5) is 11.5 Å². The predicted octanol–water partition coefficient (Wildman–Crippen LogP) is 2.10. The van der Waals surface area contributed by atoms with E-state index in [0.29, 0.717) is 0 Å². The largest absolute Gasteiger partial charge is 0.477 e. The van der Waals surface area contributed by atoms with Crippen LogP contribution in [0, 0.1) is 0 Å². The molecule has 0 amide bonds. The van der Waals surface area contributed by atoms with Gasteiger partial charge in [0, 0.05) is 30.9 Å². The highest BCUT2D eigenvalue weighted by molar-refractivity contribution is 5.89. The van der Waals surface area contributed by atoms with E-state index in [2.05, 4.69) is 4.98 Å². The van der Waals surface area contributed by atoms with E-state index in [1.54, 1.807) is 6.07 Å². The number of pyridine rings is 1. The zero-order valence-corrected chi connectivity index (χ0v) is 10.8. The molecular weight excluding hydrogens is 242 g/mol. The third-order valence-electron chi connectivity index (χ3n) is 2.82. The standard InChI is InChI=1S/C14H15N3O2/c1-17(2)12-6-4-3-5-9(12)10-7-8-11(14(18)19)16-13(10)15/h3-8H,1-2H3,(H2,15,16)(H,18,19). The first-order chi connectivity index (χ1) is 9.00. The normalized spacial score (nSPS) is 10.2. The first kappa shape index (κ1) is 12.9. The Kier molecular flexibility index (Phi) is 3.37. The molecule has 19 heavy (non-hydrogen) atoms. The molecule has 0 bridgehead atoms. The quantitative estimate of drug-likeness (QED) is 0.880. The highest BCUT2D eigenvalue weighted by Gasteiger charge is 2.12. The van der Waals surface area contributed by atoms with E-state index in [1.165, 1.54) is 6.07 Å². The van der Waals surface area contributed by atoms with Crippen molar-refractivity contribution in [3.63, 3.8) is 0 Å². The smallest absolute Gasteiger partial charge is 0.354 e. The number of carbonyl (C=O) groups is 1. The Morgan fingerprint density at radius 2 is 1.84 bits per heavy atom. The van der Waals surface area contributed by atoms with Crippen LogP contribution in [0.25, 0.3) is 11.1 Å². The molecule has 3 N–H and O–H groups in total. The van der Waals surface area contributed by atoms with Gasteiger partial charge < -0.3 is 15.7 Å². The number of aromatic nitrogens is 1. The highest BCUT2D eigenvalue weighted by Crippen LogP contribution is 2.32. The van der Waals surface area contributed by atoms with E-state index in [1.807, 2.05) is 43.3 Å². The van der Waals surface area contributed by atoms with Crippen molar-refractivity contribution < 1.29 is 9.90 Å². The summed E-state index contributed by atoms with van der Waals surface area (Å²) in [5, 5.41) is 8.89. The van der Waals surface area contributed by atoms with Crippen molar-refractivity contribution in [3.05, 3.63) is 42.1 Å². The summed E-state index contributed by atoms with van der Waals surface area (Å²) < 4.78 is 0. The minimum atomic E-state index is -1.08. The van der Waals surface area contributed by atoms with Crippen LogP contribution in [0.15, 0.2) is 36.4 Å². The van der Waals surface area contributed by atoms with Crippen molar-refractivity contribution in [3.8, 4) is 11.1 Å². The molecule has 2 rings (SSSR count). The van der Waals surface area contributed by atoms with Gasteiger partial charge in [-0.2, -0.15) is 0 Å². The van der Waals surface area contributed by atoms with Crippen molar-refractivity contribution in [2.45, 2.75) is 0 Å². The van der Waals surface area contributed by atoms with Gasteiger partial charge in [-0.15, -0.1) is 0 Å². The number of carboxylic acid groups (broad SMARTS) is 1. The molecule has 0 aliphatic heterocycles. The minimum absolute atomic E-state index is 0.0522. The van der Waals surface area contributed by atoms with Gasteiger partial charge >= 0.3 is 5.97 Å². The van der Waals surface area contributed by atoms with Crippen LogP contribution in [-0.2, 0) is 0 Å². The van der Waals surface area contributed by atoms with Gasteiger partial charge in [-0.3, -0.25) is 0 Å². The van der Waals surface area contributed by atoms with Crippen molar-refractivity contribution in [2.24, 2.45) is 0 Å². The first-order valence-electron chi connectivity index (χ1n) is 5.77. The lowest BCUT2D eigenvalue weighted by atomic mass is 10.0. The SMILES string of the molecule is CN(C)c1ccccc1-c1ccc(C(=O)O)nc1N. The predicted molar refractivity (Wildman–Crippen MR) is 75.4 cm³/mol. The third kappa shape index (κ3) is 2.49. The lowest BCUT2D eigenvalue weighted by Crippen LogP contribution is -2.10. The maximum absolute atomic E-state index is 10.8. The van der Waals surface area contributed by atoms with E-state index in [-0.39, 0.29) is 11.5 Å². The van der Waals surface area contributed by atoms with Crippen molar-refractivity contribution in [1.29, 1.82) is 0 Å². The average molecular weight is 257 g/mol. The summed E-state index contributed by atoms with van der Waals surface area (Å²) in [6, 6.07) is 10.9. The zero-order chi connectivity index (χ0) is 14.0. The Labute approximate surface area is 111 Å². The molecule has 2 aromatic rings. The fourth-order valence-electron chi connectivity index (χ4n) is 1.91. The van der Waals surface area contributed by atoms with E-state index >= 15 is 0 Å². The molecule has 5 heteroatoms. The summed E-state index contributed by atoms with van der Waals surface area (Å²) in [6.07, 6.45) is 0. The summed E-state index contributed by atoms with van der Waals surface area (Å²) in [4.78, 5) is 16.7. The van der Waals surface area contributed by atoms with E-state index < -0.39 is 5.97 Å². The number of anilines is 2. The Bertz CT molecular complexity index is 624. The summed E-state index contributed by atoms with van der Waals surface area (Å²) in [5.41, 5.74) is 8.47.